The molecule has 0 aliphatic carbocycles. The molecule has 0 unspecified atom stereocenters. The van der Waals surface area contributed by atoms with Crippen LogP contribution in [0.3, 0.4) is 0 Å². The van der Waals surface area contributed by atoms with Crippen molar-refractivity contribution >= 4 is 5.78 Å². The first-order valence-electron chi connectivity index (χ1n) is 9.79. The van der Waals surface area contributed by atoms with E-state index >= 15 is 0 Å². The van der Waals surface area contributed by atoms with Gasteiger partial charge in [-0.2, -0.15) is 0 Å². The summed E-state index contributed by atoms with van der Waals surface area (Å²) in [7, 11) is 0. The molecule has 1 fully saturated rings. The molecule has 0 amide bonds. The number of Topliss-reactive ketones (excluding diaryl/α,β-unsaturated/α-hetero) is 1. The first-order chi connectivity index (χ1) is 13.7. The molecule has 0 N–H and O–H groups in total. The number of nitrogens with zero attached hydrogens (tertiary/aromatic N) is 2. The van der Waals surface area contributed by atoms with E-state index < -0.39 is 0 Å². The summed E-state index contributed by atoms with van der Waals surface area (Å²) in [5.74, 6) is 1.43. The summed E-state index contributed by atoms with van der Waals surface area (Å²) in [5, 5.41) is 0. The van der Waals surface area contributed by atoms with E-state index in [9.17, 15) is 9.18 Å². The minimum absolute atomic E-state index is 0.0847. The monoisotopic (exact) mass is 384 g/mol. The average molecular weight is 384 g/mol. The number of carbonyl (C=O) groups excluding carboxylic acids is 1. The Balaban J connectivity index is 1.17. The second-order valence-electron chi connectivity index (χ2n) is 7.34. The lowest BCUT2D eigenvalue weighted by molar-refractivity contribution is 0.0959. The summed E-state index contributed by atoms with van der Waals surface area (Å²) in [6.07, 6.45) is 1.33. The van der Waals surface area contributed by atoms with Crippen LogP contribution in [0.1, 0.15) is 28.8 Å². The molecule has 0 radical (unpaired) electrons. The van der Waals surface area contributed by atoms with E-state index in [0.29, 0.717) is 18.8 Å². The van der Waals surface area contributed by atoms with Crippen LogP contribution in [-0.4, -0.2) is 55.1 Å². The van der Waals surface area contributed by atoms with E-state index in [2.05, 4.69) is 21.9 Å². The number of ether oxygens (including phenoxy) is 2. The Morgan fingerprint density at radius 2 is 1.64 bits per heavy atom. The Morgan fingerprint density at radius 1 is 0.929 bits per heavy atom. The fourth-order valence-corrected chi connectivity index (χ4v) is 3.71. The maximum atomic E-state index is 12.9. The molecular weight excluding hydrogens is 359 g/mol. The van der Waals surface area contributed by atoms with Gasteiger partial charge in [0, 0.05) is 44.7 Å². The molecule has 5 nitrogen and oxygen atoms in total. The zero-order valence-corrected chi connectivity index (χ0v) is 15.9. The number of rotatable bonds is 7. The van der Waals surface area contributed by atoms with Crippen molar-refractivity contribution < 1.29 is 18.7 Å². The van der Waals surface area contributed by atoms with E-state index in [4.69, 9.17) is 9.47 Å². The third-order valence-electron chi connectivity index (χ3n) is 5.35. The topological polar surface area (TPSA) is 42.0 Å². The van der Waals surface area contributed by atoms with Crippen molar-refractivity contribution in [3.8, 4) is 11.5 Å². The number of carbonyl (C=O) groups is 1. The molecule has 2 aromatic carbocycles. The molecular formula is C22H25FN2O3. The van der Waals surface area contributed by atoms with Crippen LogP contribution in [0.4, 0.5) is 4.39 Å². The summed E-state index contributed by atoms with van der Waals surface area (Å²) in [4.78, 5) is 17.0. The van der Waals surface area contributed by atoms with Gasteiger partial charge < -0.3 is 14.4 Å². The number of fused-ring (bicyclic) bond motifs is 1. The van der Waals surface area contributed by atoms with Gasteiger partial charge >= 0.3 is 0 Å². The molecule has 28 heavy (non-hydrogen) atoms. The quantitative estimate of drug-likeness (QED) is 0.685. The Bertz CT molecular complexity index is 817. The van der Waals surface area contributed by atoms with Crippen molar-refractivity contribution in [3.63, 3.8) is 0 Å². The van der Waals surface area contributed by atoms with Crippen LogP contribution in [0.15, 0.2) is 42.5 Å². The Morgan fingerprint density at radius 3 is 2.43 bits per heavy atom. The molecule has 6 heteroatoms. The molecule has 0 aromatic heterocycles. The third kappa shape index (κ3) is 4.69. The molecule has 0 atom stereocenters. The number of halogens is 1. The van der Waals surface area contributed by atoms with Gasteiger partial charge in [0.05, 0.1) is 0 Å². The summed E-state index contributed by atoms with van der Waals surface area (Å²) in [6, 6.07) is 11.9. The molecule has 0 bridgehead atoms. The van der Waals surface area contributed by atoms with Gasteiger partial charge in [-0.15, -0.1) is 0 Å². The summed E-state index contributed by atoms with van der Waals surface area (Å²) < 4.78 is 23.8. The van der Waals surface area contributed by atoms with Crippen molar-refractivity contribution in [1.29, 1.82) is 0 Å². The number of ketones is 1. The maximum Gasteiger partial charge on any atom is 0.231 e. The minimum Gasteiger partial charge on any atom is -0.454 e. The fraction of sp³-hybridized carbons (Fsp3) is 0.409. The van der Waals surface area contributed by atoms with E-state index in [-0.39, 0.29) is 11.6 Å². The highest BCUT2D eigenvalue weighted by molar-refractivity contribution is 5.95. The van der Waals surface area contributed by atoms with E-state index in [0.717, 1.165) is 57.2 Å². The average Bonchev–Trinajstić information content (AvgIpc) is 3.18. The first-order valence-corrected chi connectivity index (χ1v) is 9.79. The summed E-state index contributed by atoms with van der Waals surface area (Å²) in [6.45, 7) is 6.19. The van der Waals surface area contributed by atoms with Crippen LogP contribution in [-0.2, 0) is 6.54 Å². The molecule has 1 saturated heterocycles. The molecule has 2 aliphatic heterocycles. The van der Waals surface area contributed by atoms with Crippen LogP contribution in [0.25, 0.3) is 0 Å². The van der Waals surface area contributed by atoms with Crippen molar-refractivity contribution in [1.82, 2.24) is 9.80 Å². The van der Waals surface area contributed by atoms with Gasteiger partial charge in [0.2, 0.25) is 6.79 Å². The molecule has 2 heterocycles. The largest absolute Gasteiger partial charge is 0.454 e. The molecule has 0 spiro atoms. The third-order valence-corrected chi connectivity index (χ3v) is 5.35. The van der Waals surface area contributed by atoms with Gasteiger partial charge in [0.25, 0.3) is 0 Å². The second kappa shape index (κ2) is 8.71. The summed E-state index contributed by atoms with van der Waals surface area (Å²) >= 11 is 0. The number of benzene rings is 2. The van der Waals surface area contributed by atoms with Gasteiger partial charge in [0.1, 0.15) is 5.82 Å². The molecule has 2 aliphatic rings. The van der Waals surface area contributed by atoms with Gasteiger partial charge in [-0.1, -0.05) is 6.07 Å². The smallest absolute Gasteiger partial charge is 0.231 e. The van der Waals surface area contributed by atoms with Crippen LogP contribution in [0.5, 0.6) is 11.5 Å². The second-order valence-corrected chi connectivity index (χ2v) is 7.34. The summed E-state index contributed by atoms with van der Waals surface area (Å²) in [5.41, 5.74) is 1.83. The van der Waals surface area contributed by atoms with E-state index in [1.165, 1.54) is 17.7 Å². The molecule has 148 valence electrons. The molecule has 2 aromatic rings. The van der Waals surface area contributed by atoms with Crippen molar-refractivity contribution in [2.75, 3.05) is 39.5 Å². The predicted molar refractivity (Wildman–Crippen MR) is 104 cm³/mol. The zero-order valence-electron chi connectivity index (χ0n) is 15.9. The molecule has 4 rings (SSSR count). The Labute approximate surface area is 164 Å². The van der Waals surface area contributed by atoms with Gasteiger partial charge in [0.15, 0.2) is 17.3 Å². The van der Waals surface area contributed by atoms with Crippen molar-refractivity contribution in [2.45, 2.75) is 19.4 Å². The lowest BCUT2D eigenvalue weighted by Crippen LogP contribution is -2.46. The highest BCUT2D eigenvalue weighted by Gasteiger charge is 2.19. The SMILES string of the molecule is O=C(CCCN1CCN(Cc2ccc3c(c2)OCO3)CC1)c1ccc(F)cc1. The van der Waals surface area contributed by atoms with Crippen molar-refractivity contribution in [3.05, 3.63) is 59.4 Å². The predicted octanol–water partition coefficient (Wildman–Crippen LogP) is 3.34. The van der Waals surface area contributed by atoms with E-state index in [1.807, 2.05) is 6.07 Å². The highest BCUT2D eigenvalue weighted by Crippen LogP contribution is 2.32. The van der Waals surface area contributed by atoms with Gasteiger partial charge in [-0.25, -0.2) is 4.39 Å². The van der Waals surface area contributed by atoms with Crippen LogP contribution in [0.2, 0.25) is 0 Å². The van der Waals surface area contributed by atoms with Crippen molar-refractivity contribution in [2.24, 2.45) is 0 Å². The fourth-order valence-electron chi connectivity index (χ4n) is 3.71. The Hall–Kier alpha value is -2.44. The highest BCUT2D eigenvalue weighted by atomic mass is 19.1. The standard InChI is InChI=1S/C22H25FN2O3/c23-19-6-4-18(5-7-19)20(26)2-1-9-24-10-12-25(13-11-24)15-17-3-8-21-22(14-17)28-16-27-21/h3-8,14H,1-2,9-13,15-16H2. The molecule has 0 saturated carbocycles. The van der Waals surface area contributed by atoms with E-state index in [1.54, 1.807) is 12.1 Å². The minimum atomic E-state index is -0.310. The number of hydrogen-bond acceptors (Lipinski definition) is 5. The Kier molecular flexibility index (Phi) is 5.88. The van der Waals surface area contributed by atoms with Crippen LogP contribution in [0, 0.1) is 5.82 Å². The lowest BCUT2D eigenvalue weighted by atomic mass is 10.1. The number of hydrogen-bond donors (Lipinski definition) is 0. The van der Waals surface area contributed by atoms with Gasteiger partial charge in [-0.3, -0.25) is 9.69 Å². The van der Waals surface area contributed by atoms with Crippen LogP contribution >= 0.6 is 0 Å². The number of piperazine rings is 1. The van der Waals surface area contributed by atoms with Crippen LogP contribution < -0.4 is 9.47 Å². The first kappa shape index (κ1) is 18.9. The zero-order chi connectivity index (χ0) is 19.3. The maximum absolute atomic E-state index is 12.9. The lowest BCUT2D eigenvalue weighted by Gasteiger charge is -2.34. The van der Waals surface area contributed by atoms with Gasteiger partial charge in [-0.05, 0) is 54.9 Å². The normalized spacial score (nSPS) is 17.0.